The summed E-state index contributed by atoms with van der Waals surface area (Å²) in [7, 11) is 1.75. The van der Waals surface area contributed by atoms with Crippen molar-refractivity contribution < 1.29 is 10.1 Å². The molecule has 0 aliphatic carbocycles. The van der Waals surface area contributed by atoms with E-state index in [-0.39, 0.29) is 11.4 Å². The lowest BCUT2D eigenvalue weighted by Crippen LogP contribution is -2.17. The highest BCUT2D eigenvalue weighted by molar-refractivity contribution is 7.99. The first-order valence-electron chi connectivity index (χ1n) is 5.18. The molecule has 0 spiro atoms. The Morgan fingerprint density at radius 3 is 2.90 bits per heavy atom. The zero-order valence-electron chi connectivity index (χ0n) is 10.2. The third-order valence-electron chi connectivity index (χ3n) is 2.26. The fourth-order valence-electron chi connectivity index (χ4n) is 1.33. The number of hydrogen-bond donors (Lipinski definition) is 2. The van der Waals surface area contributed by atoms with Gasteiger partial charge in [0.15, 0.2) is 16.7 Å². The maximum absolute atomic E-state index is 10.9. The third kappa shape index (κ3) is 2.66. The Bertz CT molecular complexity index is 684. The van der Waals surface area contributed by atoms with E-state index in [4.69, 9.17) is 10.9 Å². The lowest BCUT2D eigenvalue weighted by atomic mass is 10.3. The Morgan fingerprint density at radius 2 is 2.35 bits per heavy atom. The Labute approximate surface area is 116 Å². The lowest BCUT2D eigenvalue weighted by Gasteiger charge is -2.03. The van der Waals surface area contributed by atoms with Crippen LogP contribution >= 0.6 is 11.8 Å². The van der Waals surface area contributed by atoms with Gasteiger partial charge in [-0.05, 0) is 17.8 Å². The number of nitro groups is 1. The molecule has 0 unspecified atom stereocenters. The number of rotatable bonds is 4. The van der Waals surface area contributed by atoms with Crippen LogP contribution < -0.4 is 5.73 Å². The summed E-state index contributed by atoms with van der Waals surface area (Å²) in [5.41, 5.74) is 4.85. The first-order valence-corrected chi connectivity index (χ1v) is 5.99. The number of pyridine rings is 1. The van der Waals surface area contributed by atoms with Crippen LogP contribution in [0.25, 0.3) is 0 Å². The van der Waals surface area contributed by atoms with Gasteiger partial charge in [0.25, 0.3) is 5.69 Å². The molecule has 0 aliphatic rings. The van der Waals surface area contributed by atoms with Crippen molar-refractivity contribution >= 4 is 23.3 Å². The first kappa shape index (κ1) is 13.7. The molecule has 11 heteroatoms. The summed E-state index contributed by atoms with van der Waals surface area (Å²) in [6, 6.07) is 2.69. The van der Waals surface area contributed by atoms with Crippen molar-refractivity contribution in [3.8, 4) is 0 Å². The summed E-state index contributed by atoms with van der Waals surface area (Å²) < 4.78 is 1.66. The molecule has 3 N–H and O–H groups in total. The molecule has 0 atom stereocenters. The number of nitrogens with two attached hydrogens (primary N) is 1. The van der Waals surface area contributed by atoms with Crippen molar-refractivity contribution in [1.29, 1.82) is 0 Å². The van der Waals surface area contributed by atoms with Crippen molar-refractivity contribution in [2.75, 3.05) is 0 Å². The summed E-state index contributed by atoms with van der Waals surface area (Å²) in [5.74, 6) is -0.433. The average Bonchev–Trinajstić information content (AvgIpc) is 2.83. The number of amidine groups is 1. The van der Waals surface area contributed by atoms with Crippen LogP contribution in [0.5, 0.6) is 0 Å². The highest BCUT2D eigenvalue weighted by Crippen LogP contribution is 2.26. The molecule has 2 rings (SSSR count). The van der Waals surface area contributed by atoms with Gasteiger partial charge in [-0.3, -0.25) is 10.1 Å². The predicted molar refractivity (Wildman–Crippen MR) is 68.5 cm³/mol. The lowest BCUT2D eigenvalue weighted by molar-refractivity contribution is -0.385. The molecule has 0 bridgehead atoms. The van der Waals surface area contributed by atoms with Gasteiger partial charge >= 0.3 is 0 Å². The van der Waals surface area contributed by atoms with Crippen molar-refractivity contribution in [3.05, 3.63) is 34.3 Å². The van der Waals surface area contributed by atoms with E-state index in [0.717, 1.165) is 11.8 Å². The molecule has 104 valence electrons. The van der Waals surface area contributed by atoms with E-state index in [9.17, 15) is 10.1 Å². The Morgan fingerprint density at radius 1 is 1.60 bits per heavy atom. The van der Waals surface area contributed by atoms with Crippen LogP contribution in [0.15, 0.2) is 33.8 Å². The van der Waals surface area contributed by atoms with Crippen molar-refractivity contribution in [2.24, 2.45) is 17.9 Å². The van der Waals surface area contributed by atoms with Gasteiger partial charge in [-0.1, -0.05) is 5.16 Å². The minimum atomic E-state index is -0.656. The number of nitrogens with zero attached hydrogens (tertiary/aromatic N) is 6. The molecular formula is C9H9N7O3S. The fourth-order valence-corrected chi connectivity index (χ4v) is 2.07. The van der Waals surface area contributed by atoms with Gasteiger partial charge in [-0.2, -0.15) is 0 Å². The number of hydrogen-bond acceptors (Lipinski definition) is 8. The molecule has 0 amide bonds. The molecule has 2 heterocycles. The fraction of sp³-hybridized carbons (Fsp3) is 0.111. The smallest absolute Gasteiger partial charge is 0.298 e. The van der Waals surface area contributed by atoms with E-state index in [1.54, 1.807) is 11.6 Å². The zero-order valence-corrected chi connectivity index (χ0v) is 11.0. The van der Waals surface area contributed by atoms with E-state index < -0.39 is 10.8 Å². The topological polar surface area (TPSA) is 145 Å². The van der Waals surface area contributed by atoms with Gasteiger partial charge in [0, 0.05) is 13.1 Å². The van der Waals surface area contributed by atoms with Crippen LogP contribution in [0, 0.1) is 10.1 Å². The summed E-state index contributed by atoms with van der Waals surface area (Å²) >= 11 is 1.15. The Hall–Kier alpha value is -2.69. The summed E-state index contributed by atoms with van der Waals surface area (Å²) in [6.07, 6.45) is 1.51. The Balaban J connectivity index is 2.42. The van der Waals surface area contributed by atoms with E-state index in [2.05, 4.69) is 20.3 Å². The van der Waals surface area contributed by atoms with Gasteiger partial charge in [0.05, 0.1) is 4.92 Å². The van der Waals surface area contributed by atoms with E-state index in [1.807, 2.05) is 0 Å². The highest BCUT2D eigenvalue weighted by atomic mass is 32.2. The molecule has 0 aliphatic heterocycles. The van der Waals surface area contributed by atoms with Crippen LogP contribution in [0.2, 0.25) is 0 Å². The quantitative estimate of drug-likeness (QED) is 0.270. The van der Waals surface area contributed by atoms with Crippen molar-refractivity contribution in [2.45, 2.75) is 10.2 Å². The molecule has 2 aromatic rings. The standard InChI is InChI=1S/C9H9N7O3S/c1-15-4-11-13-9(15)20-6-3-2-5(16(18)19)7(12-6)8(10)14-17/h2-4,17H,1H3,(H2,10,14). The molecule has 0 saturated heterocycles. The largest absolute Gasteiger partial charge is 0.409 e. The second kappa shape index (κ2) is 5.52. The minimum Gasteiger partial charge on any atom is -0.409 e. The van der Waals surface area contributed by atoms with E-state index in [1.165, 1.54) is 18.5 Å². The maximum Gasteiger partial charge on any atom is 0.298 e. The van der Waals surface area contributed by atoms with Crippen LogP contribution in [-0.4, -0.2) is 35.7 Å². The number of oxime groups is 1. The van der Waals surface area contributed by atoms with Crippen molar-refractivity contribution in [3.63, 3.8) is 0 Å². The van der Waals surface area contributed by atoms with Gasteiger partial charge in [0.1, 0.15) is 11.4 Å². The molecule has 0 fully saturated rings. The molecule has 20 heavy (non-hydrogen) atoms. The summed E-state index contributed by atoms with van der Waals surface area (Å²) in [4.78, 5) is 14.2. The van der Waals surface area contributed by atoms with Crippen LogP contribution in [0.1, 0.15) is 5.69 Å². The average molecular weight is 295 g/mol. The second-order valence-corrected chi connectivity index (χ2v) is 4.57. The van der Waals surface area contributed by atoms with Gasteiger partial charge < -0.3 is 15.5 Å². The monoisotopic (exact) mass is 295 g/mol. The van der Waals surface area contributed by atoms with Crippen LogP contribution in [0.4, 0.5) is 5.69 Å². The molecular weight excluding hydrogens is 286 g/mol. The zero-order chi connectivity index (χ0) is 14.7. The van der Waals surface area contributed by atoms with E-state index in [0.29, 0.717) is 10.2 Å². The van der Waals surface area contributed by atoms with Gasteiger partial charge in [0.2, 0.25) is 0 Å². The van der Waals surface area contributed by atoms with Crippen LogP contribution in [0.3, 0.4) is 0 Å². The van der Waals surface area contributed by atoms with E-state index >= 15 is 0 Å². The van der Waals surface area contributed by atoms with Crippen LogP contribution in [-0.2, 0) is 7.05 Å². The predicted octanol–water partition coefficient (Wildman–Crippen LogP) is 0.364. The SMILES string of the molecule is Cn1cnnc1Sc1ccc([N+](=O)[O-])c(/C(N)=N/O)n1. The minimum absolute atomic E-state index is 0.204. The number of aromatic nitrogens is 4. The number of aryl methyl sites for hydroxylation is 1. The molecule has 2 aromatic heterocycles. The summed E-state index contributed by atoms with van der Waals surface area (Å²) in [6.45, 7) is 0. The van der Waals surface area contributed by atoms with Gasteiger partial charge in [-0.15, -0.1) is 10.2 Å². The molecule has 10 nitrogen and oxygen atoms in total. The summed E-state index contributed by atoms with van der Waals surface area (Å²) in [5, 5.41) is 30.8. The Kier molecular flexibility index (Phi) is 3.79. The normalized spacial score (nSPS) is 11.6. The molecule has 0 saturated carbocycles. The third-order valence-corrected chi connectivity index (χ3v) is 3.25. The molecule has 0 aromatic carbocycles. The van der Waals surface area contributed by atoms with Crippen molar-refractivity contribution in [1.82, 2.24) is 19.7 Å². The highest BCUT2D eigenvalue weighted by Gasteiger charge is 2.20. The maximum atomic E-state index is 10.9. The first-order chi connectivity index (χ1) is 9.52. The molecule has 0 radical (unpaired) electrons. The van der Waals surface area contributed by atoms with Gasteiger partial charge in [-0.25, -0.2) is 4.98 Å². The second-order valence-electron chi connectivity index (χ2n) is 3.59.